The van der Waals surface area contributed by atoms with E-state index < -0.39 is 20.2 Å². The van der Waals surface area contributed by atoms with Crippen LogP contribution in [0.2, 0.25) is 0 Å². The van der Waals surface area contributed by atoms with Gasteiger partial charge in [-0.05, 0) is 77.0 Å². The lowest BCUT2D eigenvalue weighted by Crippen LogP contribution is -2.02. The van der Waals surface area contributed by atoms with E-state index in [1.165, 1.54) is 0 Å². The highest BCUT2D eigenvalue weighted by Gasteiger charge is 1.98. The molecule has 0 spiro atoms. The van der Waals surface area contributed by atoms with Crippen molar-refractivity contribution in [1.82, 2.24) is 0 Å². The van der Waals surface area contributed by atoms with E-state index >= 15 is 0 Å². The summed E-state index contributed by atoms with van der Waals surface area (Å²) in [4.78, 5) is 0. The zero-order valence-corrected chi connectivity index (χ0v) is 30.3. The van der Waals surface area contributed by atoms with Gasteiger partial charge in [0.1, 0.15) is 0 Å². The molecule has 6 nitrogen and oxygen atoms in total. The second-order valence-electron chi connectivity index (χ2n) is 10.1. The molecule has 0 atom stereocenters. The van der Waals surface area contributed by atoms with E-state index in [9.17, 15) is 16.8 Å². The first-order chi connectivity index (χ1) is 22.1. The molecule has 0 aliphatic rings. The van der Waals surface area contributed by atoms with Crippen LogP contribution in [0.15, 0.2) is 122 Å². The summed E-state index contributed by atoms with van der Waals surface area (Å²) in [5, 5.41) is 0. The highest BCUT2D eigenvalue weighted by atomic mass is 32.2. The molecule has 0 bridgehead atoms. The van der Waals surface area contributed by atoms with Crippen LogP contribution in [0.3, 0.4) is 0 Å². The van der Waals surface area contributed by atoms with Crippen LogP contribution in [0.1, 0.15) is 90.9 Å². The number of rotatable bonds is 26. The predicted octanol–water partition coefficient (Wildman–Crippen LogP) is 10.2. The van der Waals surface area contributed by atoms with Gasteiger partial charge in [-0.1, -0.05) is 135 Å². The van der Waals surface area contributed by atoms with E-state index in [0.29, 0.717) is 6.42 Å². The summed E-state index contributed by atoms with van der Waals surface area (Å²) < 4.78 is 52.1. The van der Waals surface area contributed by atoms with Crippen molar-refractivity contribution in [3.05, 3.63) is 122 Å². The molecular formula is C38H60O6S2. The lowest BCUT2D eigenvalue weighted by molar-refractivity contribution is 0.328. The molecular weight excluding hydrogens is 617 g/mol. The van der Waals surface area contributed by atoms with E-state index in [2.05, 4.69) is 119 Å². The summed E-state index contributed by atoms with van der Waals surface area (Å²) in [6.45, 7) is 4.61. The van der Waals surface area contributed by atoms with Gasteiger partial charge < -0.3 is 0 Å². The fourth-order valence-corrected chi connectivity index (χ4v) is 4.00. The van der Waals surface area contributed by atoms with E-state index in [0.717, 1.165) is 83.1 Å². The zero-order chi connectivity index (χ0) is 34.5. The molecule has 0 saturated heterocycles. The summed E-state index contributed by atoms with van der Waals surface area (Å²) >= 11 is 0. The molecule has 0 aromatic heterocycles. The molecule has 0 saturated carbocycles. The lowest BCUT2D eigenvalue weighted by Gasteiger charge is -1.96. The van der Waals surface area contributed by atoms with Gasteiger partial charge in [0.05, 0.1) is 25.7 Å². The maximum atomic E-state index is 10.7. The van der Waals surface area contributed by atoms with Crippen LogP contribution in [-0.4, -0.2) is 42.6 Å². The summed E-state index contributed by atoms with van der Waals surface area (Å²) in [7, 11) is -6.63. The average Bonchev–Trinajstić information content (AvgIpc) is 2.99. The Bertz CT molecular complexity index is 1210. The van der Waals surface area contributed by atoms with Gasteiger partial charge in [-0.15, -0.1) is 0 Å². The highest BCUT2D eigenvalue weighted by molar-refractivity contribution is 7.86. The second kappa shape index (κ2) is 35.1. The SMILES string of the molecule is CC/C=C\C/C=C\C/C=C\C/C=C\C/C=C\CCOS(C)(=O)=O.CC/C=C\C/C=C\C/C=C\C/C=C\CC/C=C/COS(C)(=O)=O. The third-order valence-electron chi connectivity index (χ3n) is 5.50. The minimum atomic E-state index is -3.33. The van der Waals surface area contributed by atoms with E-state index in [1.807, 2.05) is 18.2 Å². The molecule has 0 radical (unpaired) electrons. The third-order valence-corrected chi connectivity index (χ3v) is 6.66. The Balaban J connectivity index is 0. The van der Waals surface area contributed by atoms with Gasteiger partial charge in [0.15, 0.2) is 0 Å². The Morgan fingerprint density at radius 1 is 0.370 bits per heavy atom. The molecule has 0 heterocycles. The quantitative estimate of drug-likeness (QED) is 0.0515. The van der Waals surface area contributed by atoms with Crippen molar-refractivity contribution in [2.75, 3.05) is 25.7 Å². The lowest BCUT2D eigenvalue weighted by atomic mass is 10.2. The van der Waals surface area contributed by atoms with E-state index in [1.54, 1.807) is 6.08 Å². The van der Waals surface area contributed by atoms with Crippen molar-refractivity contribution in [1.29, 1.82) is 0 Å². The molecule has 0 aromatic rings. The van der Waals surface area contributed by atoms with E-state index in [4.69, 9.17) is 0 Å². The molecule has 0 aromatic carbocycles. The Labute approximate surface area is 282 Å². The summed E-state index contributed by atoms with van der Waals surface area (Å²) in [5.41, 5.74) is 0. The maximum Gasteiger partial charge on any atom is 0.264 e. The molecule has 0 amide bonds. The first kappa shape index (κ1) is 45.3. The zero-order valence-electron chi connectivity index (χ0n) is 28.7. The Kier molecular flexibility index (Phi) is 34.6. The Hall–Kier alpha value is -2.78. The van der Waals surface area contributed by atoms with Crippen LogP contribution < -0.4 is 0 Å². The third kappa shape index (κ3) is 48.1. The normalized spacial score (nSPS) is 13.7. The molecule has 0 aliphatic heterocycles. The molecule has 46 heavy (non-hydrogen) atoms. The van der Waals surface area contributed by atoms with Crippen LogP contribution in [0, 0.1) is 0 Å². The summed E-state index contributed by atoms with van der Waals surface area (Å²) in [6, 6.07) is 0. The number of unbranched alkanes of at least 4 members (excludes halogenated alkanes) is 1. The fraction of sp³-hybridized carbons (Fsp3) is 0.474. The standard InChI is InChI=1S/2C19H30O3S/c2*1-3-4-5-6-7-8-9-10-11-12-13-14-15-16-17-18-19-22-23(2,20)21/h4-5,7-8,10-11,13-14,17-18H,3,6,9,12,15-16,19H2,1-2H3;4-5,7-8,10-11,13-14,16-17H,3,6,9,12,15,18-19H2,1-2H3/b5-4-,8-7-,11-10-,14-13-,18-17+;5-4-,8-7-,11-10-,14-13-,17-16-. The largest absolute Gasteiger partial charge is 0.270 e. The number of hydrogen-bond acceptors (Lipinski definition) is 6. The summed E-state index contributed by atoms with van der Waals surface area (Å²) in [5.74, 6) is 0. The monoisotopic (exact) mass is 676 g/mol. The second-order valence-corrected chi connectivity index (χ2v) is 13.3. The van der Waals surface area contributed by atoms with Crippen LogP contribution in [0.25, 0.3) is 0 Å². The van der Waals surface area contributed by atoms with Crippen molar-refractivity contribution in [2.24, 2.45) is 0 Å². The molecule has 0 fully saturated rings. The van der Waals surface area contributed by atoms with Crippen molar-refractivity contribution in [3.8, 4) is 0 Å². The molecule has 0 unspecified atom stereocenters. The minimum absolute atomic E-state index is 0.118. The number of allylic oxidation sites excluding steroid dienone is 18. The first-order valence-corrected chi connectivity index (χ1v) is 19.9. The van der Waals surface area contributed by atoms with Gasteiger partial charge in [0.25, 0.3) is 20.2 Å². The Morgan fingerprint density at radius 3 is 0.978 bits per heavy atom. The van der Waals surface area contributed by atoms with E-state index in [-0.39, 0.29) is 13.2 Å². The number of hydrogen-bond donors (Lipinski definition) is 0. The first-order valence-electron chi connectivity index (χ1n) is 16.3. The highest BCUT2D eigenvalue weighted by Crippen LogP contribution is 1.99. The van der Waals surface area contributed by atoms with Gasteiger partial charge in [-0.3, -0.25) is 8.37 Å². The average molecular weight is 677 g/mol. The fourth-order valence-electron chi connectivity index (χ4n) is 3.27. The van der Waals surface area contributed by atoms with Crippen molar-refractivity contribution in [2.45, 2.75) is 90.9 Å². The van der Waals surface area contributed by atoms with Gasteiger partial charge in [-0.2, -0.15) is 16.8 Å². The molecule has 0 aliphatic carbocycles. The Morgan fingerprint density at radius 2 is 0.652 bits per heavy atom. The van der Waals surface area contributed by atoms with Gasteiger partial charge in [0.2, 0.25) is 0 Å². The smallest absolute Gasteiger partial charge is 0.264 e. The summed E-state index contributed by atoms with van der Waals surface area (Å²) in [6.07, 6.45) is 55.8. The van der Waals surface area contributed by atoms with Gasteiger partial charge in [-0.25, -0.2) is 0 Å². The topological polar surface area (TPSA) is 86.7 Å². The van der Waals surface area contributed by atoms with Crippen LogP contribution in [0.5, 0.6) is 0 Å². The minimum Gasteiger partial charge on any atom is -0.270 e. The van der Waals surface area contributed by atoms with Crippen LogP contribution in [-0.2, 0) is 28.6 Å². The predicted molar refractivity (Wildman–Crippen MR) is 200 cm³/mol. The van der Waals surface area contributed by atoms with Crippen LogP contribution >= 0.6 is 0 Å². The van der Waals surface area contributed by atoms with Gasteiger partial charge >= 0.3 is 0 Å². The van der Waals surface area contributed by atoms with Crippen LogP contribution in [0.4, 0.5) is 0 Å². The van der Waals surface area contributed by atoms with Crippen molar-refractivity contribution in [3.63, 3.8) is 0 Å². The molecule has 260 valence electrons. The maximum absolute atomic E-state index is 10.7. The molecule has 0 N–H and O–H groups in total. The molecule has 8 heteroatoms. The molecule has 0 rings (SSSR count). The van der Waals surface area contributed by atoms with Crippen molar-refractivity contribution < 1.29 is 25.2 Å². The van der Waals surface area contributed by atoms with Crippen molar-refractivity contribution >= 4 is 20.2 Å². The van der Waals surface area contributed by atoms with Gasteiger partial charge in [0, 0.05) is 0 Å².